The highest BCUT2D eigenvalue weighted by Crippen LogP contribution is 2.13. The number of fused-ring (bicyclic) bond motifs is 1. The molecule has 1 N–H and O–H groups in total. The highest BCUT2D eigenvalue weighted by molar-refractivity contribution is 5.88. The Balaban J connectivity index is 2.75. The molecule has 0 unspecified atom stereocenters. The van der Waals surface area contributed by atoms with Crippen LogP contribution in [0.25, 0.3) is 5.78 Å². The van der Waals surface area contributed by atoms with Gasteiger partial charge in [0.1, 0.15) is 0 Å². The lowest BCUT2D eigenvalue weighted by atomic mass is 10.2. The fourth-order valence-corrected chi connectivity index (χ4v) is 1.68. The zero-order chi connectivity index (χ0) is 11.7. The number of aryl methyl sites for hydroxylation is 2. The molecular formula is C11H13N3O2. The molecule has 84 valence electrons. The molecule has 0 aromatic carbocycles. The maximum Gasteiger partial charge on any atom is 0.354 e. The minimum absolute atomic E-state index is 0.223. The van der Waals surface area contributed by atoms with E-state index in [-0.39, 0.29) is 5.69 Å². The third-order valence-corrected chi connectivity index (χ3v) is 2.55. The van der Waals surface area contributed by atoms with Gasteiger partial charge < -0.3 is 5.11 Å². The maximum atomic E-state index is 11.2. The van der Waals surface area contributed by atoms with Gasteiger partial charge in [-0.2, -0.15) is 0 Å². The second-order valence-corrected chi connectivity index (χ2v) is 3.55. The molecule has 2 heterocycles. The number of carboxylic acid groups (broad SMARTS) is 1. The predicted molar refractivity (Wildman–Crippen MR) is 58.7 cm³/mol. The molecule has 0 spiro atoms. The van der Waals surface area contributed by atoms with Crippen molar-refractivity contribution in [2.45, 2.75) is 26.7 Å². The number of aromatic nitrogens is 3. The topological polar surface area (TPSA) is 67.5 Å². The Morgan fingerprint density at radius 2 is 2.19 bits per heavy atom. The Morgan fingerprint density at radius 3 is 2.75 bits per heavy atom. The molecule has 0 fully saturated rings. The number of carbonyl (C=O) groups is 1. The summed E-state index contributed by atoms with van der Waals surface area (Å²) in [6.07, 6.45) is 4.93. The minimum Gasteiger partial charge on any atom is -0.477 e. The summed E-state index contributed by atoms with van der Waals surface area (Å²) < 4.78 is 1.56. The largest absolute Gasteiger partial charge is 0.477 e. The van der Waals surface area contributed by atoms with Crippen molar-refractivity contribution in [1.29, 1.82) is 0 Å². The van der Waals surface area contributed by atoms with Gasteiger partial charge in [-0.15, -0.1) is 0 Å². The van der Waals surface area contributed by atoms with Crippen LogP contribution >= 0.6 is 0 Å². The van der Waals surface area contributed by atoms with Gasteiger partial charge >= 0.3 is 5.97 Å². The van der Waals surface area contributed by atoms with E-state index in [4.69, 9.17) is 5.11 Å². The number of nitrogens with zero attached hydrogens (tertiary/aromatic N) is 3. The van der Waals surface area contributed by atoms with Gasteiger partial charge in [0.2, 0.25) is 5.78 Å². The zero-order valence-electron chi connectivity index (χ0n) is 9.27. The van der Waals surface area contributed by atoms with Crippen LogP contribution in [0.15, 0.2) is 12.4 Å². The van der Waals surface area contributed by atoms with E-state index in [1.165, 1.54) is 0 Å². The summed E-state index contributed by atoms with van der Waals surface area (Å²) in [4.78, 5) is 19.5. The van der Waals surface area contributed by atoms with E-state index in [0.29, 0.717) is 17.9 Å². The molecule has 0 bridgehead atoms. The smallest absolute Gasteiger partial charge is 0.354 e. The van der Waals surface area contributed by atoms with Crippen LogP contribution in [-0.2, 0) is 12.8 Å². The fraction of sp³-hybridized carbons (Fsp3) is 0.364. The van der Waals surface area contributed by atoms with Gasteiger partial charge in [0.25, 0.3) is 0 Å². The number of rotatable bonds is 3. The van der Waals surface area contributed by atoms with Crippen molar-refractivity contribution < 1.29 is 9.90 Å². The molecule has 0 saturated heterocycles. The van der Waals surface area contributed by atoms with Crippen LogP contribution < -0.4 is 0 Å². The Labute approximate surface area is 92.8 Å². The standard InChI is InChI=1S/C11H13N3O2/c1-3-7-5-12-11-13-8(4-2)9(10(15)16)14(11)6-7/h5-6H,3-4H2,1-2H3,(H,15,16). The van der Waals surface area contributed by atoms with Crippen molar-refractivity contribution in [3.63, 3.8) is 0 Å². The molecule has 0 amide bonds. The van der Waals surface area contributed by atoms with E-state index in [1.54, 1.807) is 16.8 Å². The number of hydrogen-bond acceptors (Lipinski definition) is 3. The minimum atomic E-state index is -0.959. The van der Waals surface area contributed by atoms with Gasteiger partial charge in [0.05, 0.1) is 5.69 Å². The lowest BCUT2D eigenvalue weighted by Gasteiger charge is -2.00. The summed E-state index contributed by atoms with van der Waals surface area (Å²) in [5.41, 5.74) is 1.80. The number of hydrogen-bond donors (Lipinski definition) is 1. The summed E-state index contributed by atoms with van der Waals surface area (Å²) in [6, 6.07) is 0. The van der Waals surface area contributed by atoms with E-state index in [9.17, 15) is 4.79 Å². The van der Waals surface area contributed by atoms with Crippen LogP contribution in [0.4, 0.5) is 0 Å². The summed E-state index contributed by atoms with van der Waals surface area (Å²) in [6.45, 7) is 3.88. The molecule has 0 aliphatic rings. The van der Waals surface area contributed by atoms with E-state index >= 15 is 0 Å². The van der Waals surface area contributed by atoms with Crippen molar-refractivity contribution in [2.75, 3.05) is 0 Å². The Bertz CT molecular complexity index is 545. The Kier molecular flexibility index (Phi) is 2.60. The Morgan fingerprint density at radius 1 is 1.44 bits per heavy atom. The van der Waals surface area contributed by atoms with Crippen molar-refractivity contribution in [1.82, 2.24) is 14.4 Å². The van der Waals surface area contributed by atoms with Gasteiger partial charge in [-0.25, -0.2) is 14.8 Å². The van der Waals surface area contributed by atoms with Gasteiger partial charge in [-0.05, 0) is 18.4 Å². The number of carboxylic acids is 1. The molecular weight excluding hydrogens is 206 g/mol. The highest BCUT2D eigenvalue weighted by Gasteiger charge is 2.17. The van der Waals surface area contributed by atoms with Gasteiger partial charge in [0, 0.05) is 12.4 Å². The monoisotopic (exact) mass is 219 g/mol. The van der Waals surface area contributed by atoms with E-state index in [0.717, 1.165) is 12.0 Å². The van der Waals surface area contributed by atoms with Gasteiger partial charge in [-0.1, -0.05) is 13.8 Å². The first-order valence-electron chi connectivity index (χ1n) is 5.26. The highest BCUT2D eigenvalue weighted by atomic mass is 16.4. The zero-order valence-corrected chi connectivity index (χ0v) is 9.27. The molecule has 0 atom stereocenters. The van der Waals surface area contributed by atoms with Crippen molar-refractivity contribution in [3.05, 3.63) is 29.3 Å². The summed E-state index contributed by atoms with van der Waals surface area (Å²) in [7, 11) is 0. The molecule has 5 heteroatoms. The first kappa shape index (κ1) is 10.6. The van der Waals surface area contributed by atoms with Crippen LogP contribution in [-0.4, -0.2) is 25.4 Å². The SMILES string of the molecule is CCc1cnc2nc(CC)c(C(=O)O)n2c1. The summed E-state index contributed by atoms with van der Waals surface area (Å²) >= 11 is 0. The lowest BCUT2D eigenvalue weighted by Crippen LogP contribution is -2.05. The van der Waals surface area contributed by atoms with E-state index in [1.807, 2.05) is 13.8 Å². The molecule has 2 aromatic heterocycles. The molecule has 0 radical (unpaired) electrons. The fourth-order valence-electron chi connectivity index (χ4n) is 1.68. The van der Waals surface area contributed by atoms with Crippen LogP contribution in [0, 0.1) is 0 Å². The number of imidazole rings is 1. The van der Waals surface area contributed by atoms with Crippen LogP contribution in [0.1, 0.15) is 35.6 Å². The van der Waals surface area contributed by atoms with Crippen molar-refractivity contribution in [2.24, 2.45) is 0 Å². The average molecular weight is 219 g/mol. The molecule has 2 aromatic rings. The van der Waals surface area contributed by atoms with E-state index < -0.39 is 5.97 Å². The first-order valence-corrected chi connectivity index (χ1v) is 5.26. The number of aromatic carboxylic acids is 1. The predicted octanol–water partition coefficient (Wildman–Crippen LogP) is 1.55. The molecule has 16 heavy (non-hydrogen) atoms. The second-order valence-electron chi connectivity index (χ2n) is 3.55. The van der Waals surface area contributed by atoms with Crippen LogP contribution in [0.3, 0.4) is 0 Å². The second kappa shape index (κ2) is 3.92. The normalized spacial score (nSPS) is 10.9. The van der Waals surface area contributed by atoms with Gasteiger partial charge in [-0.3, -0.25) is 4.40 Å². The first-order chi connectivity index (χ1) is 7.67. The summed E-state index contributed by atoms with van der Waals surface area (Å²) in [5.74, 6) is -0.508. The van der Waals surface area contributed by atoms with Crippen molar-refractivity contribution in [3.8, 4) is 0 Å². The quantitative estimate of drug-likeness (QED) is 0.850. The molecule has 2 rings (SSSR count). The van der Waals surface area contributed by atoms with Gasteiger partial charge in [0.15, 0.2) is 5.69 Å². The maximum absolute atomic E-state index is 11.2. The average Bonchev–Trinajstić information content (AvgIpc) is 2.65. The lowest BCUT2D eigenvalue weighted by molar-refractivity contribution is 0.0688. The van der Waals surface area contributed by atoms with Crippen LogP contribution in [0.2, 0.25) is 0 Å². The molecule has 0 aliphatic carbocycles. The van der Waals surface area contributed by atoms with E-state index in [2.05, 4.69) is 9.97 Å². The molecule has 5 nitrogen and oxygen atoms in total. The third kappa shape index (κ3) is 1.54. The molecule has 0 aliphatic heterocycles. The Hall–Kier alpha value is -1.91. The molecule has 0 saturated carbocycles. The van der Waals surface area contributed by atoms with Crippen molar-refractivity contribution >= 4 is 11.7 Å². The summed E-state index contributed by atoms with van der Waals surface area (Å²) in [5, 5.41) is 9.16. The third-order valence-electron chi connectivity index (χ3n) is 2.55. The van der Waals surface area contributed by atoms with Crippen LogP contribution in [0.5, 0.6) is 0 Å².